The Hall–Kier alpha value is -2.82. The number of ketones is 1. The molecule has 0 N–H and O–H groups in total. The van der Waals surface area contributed by atoms with Gasteiger partial charge in [0.1, 0.15) is 34.4 Å². The van der Waals surface area contributed by atoms with Crippen LogP contribution in [-0.4, -0.2) is 10.8 Å². The van der Waals surface area contributed by atoms with E-state index in [-0.39, 0.29) is 22.6 Å². The largest absolute Gasteiger partial charge is 0.455 e. The van der Waals surface area contributed by atoms with Crippen molar-refractivity contribution in [3.05, 3.63) is 65.9 Å². The van der Waals surface area contributed by atoms with E-state index in [0.29, 0.717) is 24.0 Å². The Bertz CT molecular complexity index is 999. The van der Waals surface area contributed by atoms with Crippen LogP contribution in [0.25, 0.3) is 10.9 Å². The molecule has 5 heteroatoms. The van der Waals surface area contributed by atoms with Gasteiger partial charge in [-0.15, -0.1) is 0 Å². The summed E-state index contributed by atoms with van der Waals surface area (Å²) in [4.78, 5) is 16.7. The maximum absolute atomic E-state index is 14.7. The van der Waals surface area contributed by atoms with E-state index in [0.717, 1.165) is 0 Å². The summed E-state index contributed by atoms with van der Waals surface area (Å²) in [5.41, 5.74) is -0.585. The van der Waals surface area contributed by atoms with Crippen LogP contribution in [0.4, 0.5) is 8.78 Å². The number of carbonyl (C=O) groups excluding carboxylic acids is 1. The number of fused-ring (bicyclic) bond motifs is 1. The van der Waals surface area contributed by atoms with Crippen molar-refractivity contribution in [1.82, 2.24) is 4.98 Å². The molecule has 3 nitrogen and oxygen atoms in total. The third-order valence-electron chi connectivity index (χ3n) is 4.64. The highest BCUT2D eigenvalue weighted by Gasteiger charge is 2.34. The number of hydrogen-bond donors (Lipinski definition) is 0. The Morgan fingerprint density at radius 1 is 1.11 bits per heavy atom. The third-order valence-corrected chi connectivity index (χ3v) is 4.64. The number of aromatic nitrogens is 1. The molecule has 1 aromatic heterocycles. The number of Topliss-reactive ketones (excluding diaryl/α,β-unsaturated/α-hetero) is 1. The van der Waals surface area contributed by atoms with Gasteiger partial charge in [-0.25, -0.2) is 13.8 Å². The fourth-order valence-electron chi connectivity index (χ4n) is 3.16. The van der Waals surface area contributed by atoms with Gasteiger partial charge < -0.3 is 4.74 Å². The monoisotopic (exact) mass is 369 g/mol. The lowest BCUT2D eigenvalue weighted by Crippen LogP contribution is -2.30. The SMILES string of the molecule is CCCC(=O)C(C)(C)c1c(F)cccc1Oc1cnc2c(F)cccc2c1. The fourth-order valence-corrected chi connectivity index (χ4v) is 3.16. The summed E-state index contributed by atoms with van der Waals surface area (Å²) in [6.45, 7) is 5.31. The van der Waals surface area contributed by atoms with Gasteiger partial charge in [0, 0.05) is 17.4 Å². The second-order valence-electron chi connectivity index (χ2n) is 7.00. The van der Waals surface area contributed by atoms with E-state index < -0.39 is 17.0 Å². The first-order chi connectivity index (χ1) is 12.8. The summed E-state index contributed by atoms with van der Waals surface area (Å²) in [5.74, 6) is -0.377. The lowest BCUT2D eigenvalue weighted by molar-refractivity contribution is -0.123. The molecule has 0 bridgehead atoms. The molecule has 0 saturated carbocycles. The van der Waals surface area contributed by atoms with Gasteiger partial charge in [-0.05, 0) is 44.5 Å². The molecule has 2 aromatic carbocycles. The van der Waals surface area contributed by atoms with Gasteiger partial charge in [0.15, 0.2) is 0 Å². The number of pyridine rings is 1. The minimum absolute atomic E-state index is 0.0568. The summed E-state index contributed by atoms with van der Waals surface area (Å²) in [5, 5.41) is 0.576. The molecule has 0 aliphatic heterocycles. The number of rotatable bonds is 6. The molecule has 0 atom stereocenters. The van der Waals surface area contributed by atoms with Crippen molar-refractivity contribution < 1.29 is 18.3 Å². The Kier molecular flexibility index (Phi) is 5.22. The summed E-state index contributed by atoms with van der Waals surface area (Å²) >= 11 is 0. The maximum Gasteiger partial charge on any atom is 0.149 e. The Morgan fingerprint density at radius 3 is 2.56 bits per heavy atom. The number of benzene rings is 2. The van der Waals surface area contributed by atoms with Crippen molar-refractivity contribution in [3.63, 3.8) is 0 Å². The van der Waals surface area contributed by atoms with E-state index in [4.69, 9.17) is 4.74 Å². The standard InChI is InChI=1S/C22H21F2NO2/c1-4-7-19(26)22(2,3)20-16(23)9-6-11-18(20)27-15-12-14-8-5-10-17(24)21(14)25-13-15/h5-6,8-13H,4,7H2,1-3H3. The third kappa shape index (κ3) is 3.68. The minimum atomic E-state index is -1.03. The first-order valence-corrected chi connectivity index (χ1v) is 8.89. The topological polar surface area (TPSA) is 39.2 Å². The first-order valence-electron chi connectivity index (χ1n) is 8.89. The molecule has 3 rings (SSSR count). The smallest absolute Gasteiger partial charge is 0.149 e. The summed E-state index contributed by atoms with van der Waals surface area (Å²) in [6.07, 6.45) is 2.44. The van der Waals surface area contributed by atoms with Crippen LogP contribution in [0.2, 0.25) is 0 Å². The molecule has 0 radical (unpaired) electrons. The Morgan fingerprint density at radius 2 is 1.81 bits per heavy atom. The van der Waals surface area contributed by atoms with E-state index in [2.05, 4.69) is 4.98 Å². The van der Waals surface area contributed by atoms with Crippen molar-refractivity contribution in [2.75, 3.05) is 0 Å². The molecule has 1 heterocycles. The van der Waals surface area contributed by atoms with Crippen LogP contribution >= 0.6 is 0 Å². The highest BCUT2D eigenvalue weighted by atomic mass is 19.1. The second-order valence-corrected chi connectivity index (χ2v) is 7.00. The molecule has 140 valence electrons. The maximum atomic E-state index is 14.7. The van der Waals surface area contributed by atoms with Crippen LogP contribution in [0.5, 0.6) is 11.5 Å². The van der Waals surface area contributed by atoms with Crippen molar-refractivity contribution >= 4 is 16.7 Å². The molecule has 0 spiro atoms. The van der Waals surface area contributed by atoms with Crippen LogP contribution in [0.1, 0.15) is 39.2 Å². The van der Waals surface area contributed by atoms with Crippen molar-refractivity contribution in [2.24, 2.45) is 0 Å². The van der Waals surface area contributed by atoms with Crippen LogP contribution in [0, 0.1) is 11.6 Å². The zero-order chi connectivity index (χ0) is 19.6. The van der Waals surface area contributed by atoms with Crippen molar-refractivity contribution in [1.29, 1.82) is 0 Å². The van der Waals surface area contributed by atoms with Gasteiger partial charge in [-0.2, -0.15) is 0 Å². The first kappa shape index (κ1) is 19.0. The highest BCUT2D eigenvalue weighted by molar-refractivity contribution is 5.90. The van der Waals surface area contributed by atoms with Gasteiger partial charge in [0.25, 0.3) is 0 Å². The number of ether oxygens (including phenoxy) is 1. The summed E-state index contributed by atoms with van der Waals surface area (Å²) in [7, 11) is 0. The Labute approximate surface area is 157 Å². The van der Waals surface area contributed by atoms with E-state index in [9.17, 15) is 13.6 Å². The number of halogens is 2. The van der Waals surface area contributed by atoms with E-state index in [1.165, 1.54) is 24.4 Å². The molecule has 0 saturated heterocycles. The average molecular weight is 369 g/mol. The molecule has 3 aromatic rings. The number of nitrogens with zero attached hydrogens (tertiary/aromatic N) is 1. The van der Waals surface area contributed by atoms with Gasteiger partial charge in [0.05, 0.1) is 11.6 Å². The summed E-state index contributed by atoms with van der Waals surface area (Å²) in [6, 6.07) is 10.8. The number of hydrogen-bond acceptors (Lipinski definition) is 3. The molecular weight excluding hydrogens is 348 g/mol. The minimum Gasteiger partial charge on any atom is -0.455 e. The average Bonchev–Trinajstić information content (AvgIpc) is 2.62. The molecule has 0 unspecified atom stereocenters. The van der Waals surface area contributed by atoms with E-state index in [1.807, 2.05) is 6.92 Å². The predicted octanol–water partition coefficient (Wildman–Crippen LogP) is 5.95. The van der Waals surface area contributed by atoms with Crippen molar-refractivity contribution in [3.8, 4) is 11.5 Å². The molecule has 0 amide bonds. The van der Waals surface area contributed by atoms with Gasteiger partial charge >= 0.3 is 0 Å². The predicted molar refractivity (Wildman–Crippen MR) is 101 cm³/mol. The number of carbonyl (C=O) groups is 1. The van der Waals surface area contributed by atoms with Gasteiger partial charge in [-0.3, -0.25) is 4.79 Å². The van der Waals surface area contributed by atoms with E-state index >= 15 is 0 Å². The normalized spacial score (nSPS) is 11.6. The van der Waals surface area contributed by atoms with Crippen LogP contribution in [0.3, 0.4) is 0 Å². The highest BCUT2D eigenvalue weighted by Crippen LogP contribution is 2.38. The lowest BCUT2D eigenvalue weighted by atomic mass is 9.78. The molecule has 27 heavy (non-hydrogen) atoms. The lowest BCUT2D eigenvalue weighted by Gasteiger charge is -2.26. The molecule has 0 aliphatic rings. The fraction of sp³-hybridized carbons (Fsp3) is 0.273. The zero-order valence-corrected chi connectivity index (χ0v) is 15.6. The molecular formula is C22H21F2NO2. The van der Waals surface area contributed by atoms with Crippen molar-refractivity contribution in [2.45, 2.75) is 39.0 Å². The summed E-state index contributed by atoms with van der Waals surface area (Å²) < 4.78 is 34.3. The van der Waals surface area contributed by atoms with Crippen LogP contribution in [0.15, 0.2) is 48.7 Å². The van der Waals surface area contributed by atoms with Gasteiger partial charge in [-0.1, -0.05) is 25.1 Å². The quantitative estimate of drug-likeness (QED) is 0.539. The van der Waals surface area contributed by atoms with Gasteiger partial charge in [0.2, 0.25) is 0 Å². The van der Waals surface area contributed by atoms with Crippen LogP contribution < -0.4 is 4.74 Å². The second kappa shape index (κ2) is 7.43. The molecule has 0 fully saturated rings. The molecule has 0 aliphatic carbocycles. The van der Waals surface area contributed by atoms with E-state index in [1.54, 1.807) is 38.1 Å². The number of para-hydroxylation sites is 1. The van der Waals surface area contributed by atoms with Crippen LogP contribution in [-0.2, 0) is 10.2 Å². The Balaban J connectivity index is 2.03. The zero-order valence-electron chi connectivity index (χ0n) is 15.6.